The van der Waals surface area contributed by atoms with Crippen LogP contribution < -0.4 is 5.32 Å². The average Bonchev–Trinajstić information content (AvgIpc) is 3.18. The standard InChI is InChI=1S/C21H39N3O4/c1-15(23(5)20(27)28-21(2,3)4)18(25)22-17(16-11-7-6-8-12-16)19(26)24-13-9-10-14-24/h15-17,19,26H,6-14H2,1-5H3,(H,22,25)/t15-,17-,19?/m0/s1. The van der Waals surface area contributed by atoms with Gasteiger partial charge in [0.05, 0.1) is 6.04 Å². The predicted molar refractivity (Wildman–Crippen MR) is 109 cm³/mol. The van der Waals surface area contributed by atoms with Crippen LogP contribution >= 0.6 is 0 Å². The summed E-state index contributed by atoms with van der Waals surface area (Å²) < 4.78 is 5.37. The fourth-order valence-electron chi connectivity index (χ4n) is 4.12. The molecule has 7 nitrogen and oxygen atoms in total. The molecule has 162 valence electrons. The Hall–Kier alpha value is -1.34. The number of hydrogen-bond acceptors (Lipinski definition) is 5. The summed E-state index contributed by atoms with van der Waals surface area (Å²) in [5.74, 6) is 0.0227. The first-order valence-electron chi connectivity index (χ1n) is 10.8. The van der Waals surface area contributed by atoms with Gasteiger partial charge in [0.1, 0.15) is 17.9 Å². The number of amides is 2. The minimum absolute atomic E-state index is 0.248. The van der Waals surface area contributed by atoms with Crippen LogP contribution in [0.4, 0.5) is 4.79 Å². The third-order valence-electron chi connectivity index (χ3n) is 5.94. The van der Waals surface area contributed by atoms with Crippen molar-refractivity contribution < 1.29 is 19.4 Å². The second-order valence-electron chi connectivity index (χ2n) is 9.36. The van der Waals surface area contributed by atoms with Crippen LogP contribution in [0, 0.1) is 5.92 Å². The van der Waals surface area contributed by atoms with Crippen LogP contribution in [0.25, 0.3) is 0 Å². The van der Waals surface area contributed by atoms with Gasteiger partial charge in [-0.05, 0) is 59.3 Å². The van der Waals surface area contributed by atoms with E-state index in [2.05, 4.69) is 10.2 Å². The summed E-state index contributed by atoms with van der Waals surface area (Å²) in [6.07, 6.45) is 6.50. The van der Waals surface area contributed by atoms with Gasteiger partial charge in [0.15, 0.2) is 0 Å². The molecule has 1 saturated carbocycles. The first kappa shape index (κ1) is 22.9. The second kappa shape index (κ2) is 9.92. The minimum Gasteiger partial charge on any atom is -0.444 e. The van der Waals surface area contributed by atoms with E-state index < -0.39 is 24.0 Å². The SMILES string of the molecule is C[C@@H](C(=O)N[C@@H](C1CCCCC1)C(O)N1CCCC1)N(C)C(=O)OC(C)(C)C. The molecule has 2 amide bonds. The first-order valence-corrected chi connectivity index (χ1v) is 10.8. The maximum absolute atomic E-state index is 12.9. The molecule has 0 aromatic carbocycles. The lowest BCUT2D eigenvalue weighted by molar-refractivity contribution is -0.129. The van der Waals surface area contributed by atoms with Gasteiger partial charge in [-0.3, -0.25) is 14.6 Å². The molecular formula is C21H39N3O4. The molecule has 0 bridgehead atoms. The van der Waals surface area contributed by atoms with Crippen molar-refractivity contribution in [2.45, 2.75) is 96.6 Å². The quantitative estimate of drug-likeness (QED) is 0.720. The Kier molecular flexibility index (Phi) is 8.13. The molecule has 1 unspecified atom stereocenters. The highest BCUT2D eigenvalue weighted by atomic mass is 16.6. The lowest BCUT2D eigenvalue weighted by atomic mass is 9.82. The molecule has 0 radical (unpaired) electrons. The third-order valence-corrected chi connectivity index (χ3v) is 5.94. The number of likely N-dealkylation sites (tertiary alicyclic amines) is 1. The Morgan fingerprint density at radius 3 is 2.21 bits per heavy atom. The molecular weight excluding hydrogens is 358 g/mol. The van der Waals surface area contributed by atoms with Gasteiger partial charge in [-0.2, -0.15) is 0 Å². The van der Waals surface area contributed by atoms with E-state index in [4.69, 9.17) is 4.74 Å². The molecule has 7 heteroatoms. The van der Waals surface area contributed by atoms with E-state index in [9.17, 15) is 14.7 Å². The largest absolute Gasteiger partial charge is 0.444 e. The number of aliphatic hydroxyl groups excluding tert-OH is 1. The van der Waals surface area contributed by atoms with Crippen molar-refractivity contribution in [2.75, 3.05) is 20.1 Å². The van der Waals surface area contributed by atoms with Gasteiger partial charge < -0.3 is 15.2 Å². The average molecular weight is 398 g/mol. The highest BCUT2D eigenvalue weighted by Gasteiger charge is 2.37. The smallest absolute Gasteiger partial charge is 0.410 e. The fourth-order valence-corrected chi connectivity index (χ4v) is 4.12. The van der Waals surface area contributed by atoms with Gasteiger partial charge >= 0.3 is 6.09 Å². The zero-order valence-electron chi connectivity index (χ0n) is 18.2. The summed E-state index contributed by atoms with van der Waals surface area (Å²) in [5.41, 5.74) is -0.613. The number of hydrogen-bond donors (Lipinski definition) is 2. The van der Waals surface area contributed by atoms with Gasteiger partial charge in [0.2, 0.25) is 5.91 Å². The van der Waals surface area contributed by atoms with Crippen molar-refractivity contribution >= 4 is 12.0 Å². The number of nitrogens with zero attached hydrogens (tertiary/aromatic N) is 2. The maximum Gasteiger partial charge on any atom is 0.410 e. The van der Waals surface area contributed by atoms with Crippen LogP contribution in [-0.2, 0) is 9.53 Å². The summed E-state index contributed by atoms with van der Waals surface area (Å²) in [5, 5.41) is 14.1. The summed E-state index contributed by atoms with van der Waals surface area (Å²) >= 11 is 0. The van der Waals surface area contributed by atoms with E-state index in [1.807, 2.05) is 0 Å². The number of aliphatic hydroxyl groups is 1. The van der Waals surface area contributed by atoms with E-state index in [-0.39, 0.29) is 17.9 Å². The lowest BCUT2D eigenvalue weighted by Crippen LogP contribution is -2.58. The third kappa shape index (κ3) is 6.34. The Labute approximate surface area is 169 Å². The van der Waals surface area contributed by atoms with Crippen molar-refractivity contribution in [3.8, 4) is 0 Å². The van der Waals surface area contributed by atoms with E-state index in [0.29, 0.717) is 0 Å². The van der Waals surface area contributed by atoms with Crippen molar-refractivity contribution in [1.29, 1.82) is 0 Å². The lowest BCUT2D eigenvalue weighted by Gasteiger charge is -2.38. The Balaban J connectivity index is 2.04. The Bertz CT molecular complexity index is 522. The molecule has 0 aromatic rings. The van der Waals surface area contributed by atoms with Gasteiger partial charge in [0, 0.05) is 20.1 Å². The number of likely N-dealkylation sites (N-methyl/N-ethyl adjacent to an activating group) is 1. The Morgan fingerprint density at radius 2 is 1.68 bits per heavy atom. The summed E-state index contributed by atoms with van der Waals surface area (Å²) in [7, 11) is 1.57. The van der Waals surface area contributed by atoms with E-state index in [0.717, 1.165) is 51.6 Å². The topological polar surface area (TPSA) is 82.1 Å². The van der Waals surface area contributed by atoms with Crippen LogP contribution in [0.3, 0.4) is 0 Å². The highest BCUT2D eigenvalue weighted by Crippen LogP contribution is 2.29. The van der Waals surface area contributed by atoms with E-state index in [1.165, 1.54) is 11.3 Å². The molecule has 2 aliphatic rings. The predicted octanol–water partition coefficient (Wildman–Crippen LogP) is 2.72. The molecule has 1 saturated heterocycles. The molecule has 3 atom stereocenters. The first-order chi connectivity index (χ1) is 13.1. The molecule has 2 fully saturated rings. The van der Waals surface area contributed by atoms with Gasteiger partial charge in [-0.25, -0.2) is 4.79 Å². The number of carbonyl (C=O) groups is 2. The van der Waals surface area contributed by atoms with Crippen molar-refractivity contribution in [3.63, 3.8) is 0 Å². The van der Waals surface area contributed by atoms with Crippen LogP contribution in [0.15, 0.2) is 0 Å². The zero-order chi connectivity index (χ0) is 20.9. The minimum atomic E-state index is -0.674. The molecule has 0 spiro atoms. The van der Waals surface area contributed by atoms with Crippen LogP contribution in [0.2, 0.25) is 0 Å². The van der Waals surface area contributed by atoms with Crippen molar-refractivity contribution in [1.82, 2.24) is 15.1 Å². The molecule has 1 heterocycles. The van der Waals surface area contributed by atoms with Crippen LogP contribution in [-0.4, -0.2) is 71.0 Å². The fraction of sp³-hybridized carbons (Fsp3) is 0.905. The molecule has 28 heavy (non-hydrogen) atoms. The maximum atomic E-state index is 12.9. The molecule has 1 aliphatic heterocycles. The van der Waals surface area contributed by atoms with Crippen molar-refractivity contribution in [2.24, 2.45) is 5.92 Å². The monoisotopic (exact) mass is 397 g/mol. The zero-order valence-corrected chi connectivity index (χ0v) is 18.2. The van der Waals surface area contributed by atoms with Gasteiger partial charge in [-0.1, -0.05) is 19.3 Å². The highest BCUT2D eigenvalue weighted by molar-refractivity contribution is 5.85. The summed E-state index contributed by atoms with van der Waals surface area (Å²) in [6.45, 7) is 8.83. The van der Waals surface area contributed by atoms with Gasteiger partial charge in [-0.15, -0.1) is 0 Å². The van der Waals surface area contributed by atoms with Gasteiger partial charge in [0.25, 0.3) is 0 Å². The number of carbonyl (C=O) groups excluding carboxylic acids is 2. The molecule has 0 aromatic heterocycles. The second-order valence-corrected chi connectivity index (χ2v) is 9.36. The summed E-state index contributed by atoms with van der Waals surface area (Å²) in [4.78, 5) is 28.6. The molecule has 1 aliphatic carbocycles. The van der Waals surface area contributed by atoms with Crippen molar-refractivity contribution in [3.05, 3.63) is 0 Å². The van der Waals surface area contributed by atoms with Crippen LogP contribution in [0.5, 0.6) is 0 Å². The van der Waals surface area contributed by atoms with E-state index >= 15 is 0 Å². The number of ether oxygens (including phenoxy) is 1. The Morgan fingerprint density at radius 1 is 1.11 bits per heavy atom. The van der Waals surface area contributed by atoms with Crippen LogP contribution in [0.1, 0.15) is 72.6 Å². The number of nitrogens with one attached hydrogen (secondary N) is 1. The molecule has 2 N–H and O–H groups in total. The normalized spacial score (nSPS) is 22.4. The van der Waals surface area contributed by atoms with E-state index in [1.54, 1.807) is 34.7 Å². The number of rotatable bonds is 6. The summed E-state index contributed by atoms with van der Waals surface area (Å²) in [6, 6.07) is -0.980. The molecule has 2 rings (SSSR count).